The number of carbonyl (C=O) groups is 2. The van der Waals surface area contributed by atoms with Gasteiger partial charge in [-0.3, -0.25) is 19.7 Å². The van der Waals surface area contributed by atoms with E-state index in [1.54, 1.807) is 36.4 Å². The molecule has 8 heteroatoms. The Kier molecular flexibility index (Phi) is 3.89. The first kappa shape index (κ1) is 19.5. The number of imide groups is 1. The van der Waals surface area contributed by atoms with Crippen molar-refractivity contribution in [2.45, 2.75) is 11.5 Å². The summed E-state index contributed by atoms with van der Waals surface area (Å²) in [7, 11) is 0. The van der Waals surface area contributed by atoms with E-state index in [0.29, 0.717) is 27.3 Å². The summed E-state index contributed by atoms with van der Waals surface area (Å²) in [5, 5.41) is 13.4. The predicted octanol–water partition coefficient (Wildman–Crippen LogP) is 4.78. The summed E-state index contributed by atoms with van der Waals surface area (Å²) in [6.45, 7) is 0. The summed E-state index contributed by atoms with van der Waals surface area (Å²) >= 11 is 12.3. The maximum Gasteiger partial charge on any atom is 0.285 e. The van der Waals surface area contributed by atoms with Crippen LogP contribution in [0.1, 0.15) is 28.2 Å². The summed E-state index contributed by atoms with van der Waals surface area (Å²) in [5.74, 6) is -3.63. The van der Waals surface area contributed by atoms with Crippen LogP contribution in [0.15, 0.2) is 66.7 Å². The topological polar surface area (TPSA) is 80.5 Å². The van der Waals surface area contributed by atoms with Gasteiger partial charge in [-0.15, -0.1) is 0 Å². The standard InChI is InChI=1S/C24H14Cl2N2O4/c25-12-9-10-18(17(26)11-12)27-22(29)20-19-13-5-1-3-7-15(13)24(28(31)32,21(20)23(27)30)16-8-4-2-6-14(16)19/h1-11,19-21H/t19?,20-,21-,24?/m1/s1. The number of hydrogen-bond donors (Lipinski definition) is 0. The highest BCUT2D eigenvalue weighted by Crippen LogP contribution is 2.64. The second kappa shape index (κ2) is 6.40. The third kappa shape index (κ3) is 2.11. The fourth-order valence-electron chi connectivity index (χ4n) is 5.94. The molecule has 0 aromatic heterocycles. The molecule has 2 atom stereocenters. The molecule has 0 spiro atoms. The minimum absolute atomic E-state index is 0.135. The van der Waals surface area contributed by atoms with Crippen LogP contribution < -0.4 is 4.90 Å². The number of hydrogen-bond acceptors (Lipinski definition) is 4. The molecular formula is C24H14Cl2N2O4. The fraction of sp³-hybridized carbons (Fsp3) is 0.167. The van der Waals surface area contributed by atoms with Gasteiger partial charge in [0.15, 0.2) is 0 Å². The van der Waals surface area contributed by atoms with Gasteiger partial charge in [-0.2, -0.15) is 0 Å². The lowest BCUT2D eigenvalue weighted by Gasteiger charge is -2.48. The van der Waals surface area contributed by atoms with Crippen LogP contribution in [0.5, 0.6) is 0 Å². The van der Waals surface area contributed by atoms with E-state index in [1.165, 1.54) is 18.2 Å². The number of nitro groups is 1. The van der Waals surface area contributed by atoms with Crippen molar-refractivity contribution in [3.8, 4) is 0 Å². The van der Waals surface area contributed by atoms with Crippen LogP contribution in [-0.2, 0) is 15.1 Å². The van der Waals surface area contributed by atoms with Crippen LogP contribution in [0, 0.1) is 22.0 Å². The van der Waals surface area contributed by atoms with E-state index < -0.39 is 40.0 Å². The highest BCUT2D eigenvalue weighted by molar-refractivity contribution is 6.38. The van der Waals surface area contributed by atoms with Crippen molar-refractivity contribution >= 4 is 40.7 Å². The van der Waals surface area contributed by atoms with Crippen molar-refractivity contribution in [3.05, 3.63) is 109 Å². The summed E-state index contributed by atoms with van der Waals surface area (Å²) in [6.07, 6.45) is 0. The molecule has 2 bridgehead atoms. The largest absolute Gasteiger partial charge is 0.285 e. The number of rotatable bonds is 2. The third-order valence-corrected chi connectivity index (χ3v) is 7.55. The second-order valence-electron chi connectivity index (χ2n) is 8.29. The van der Waals surface area contributed by atoms with Crippen LogP contribution in [0.3, 0.4) is 0 Å². The molecule has 0 saturated carbocycles. The molecule has 158 valence electrons. The molecule has 1 heterocycles. The maximum absolute atomic E-state index is 13.8. The molecule has 1 aliphatic heterocycles. The average Bonchev–Trinajstić information content (AvgIpc) is 3.05. The van der Waals surface area contributed by atoms with E-state index in [4.69, 9.17) is 23.2 Å². The lowest BCUT2D eigenvalue weighted by molar-refractivity contribution is -0.578. The highest BCUT2D eigenvalue weighted by Gasteiger charge is 2.74. The maximum atomic E-state index is 13.8. The van der Waals surface area contributed by atoms with Crippen molar-refractivity contribution in [2.75, 3.05) is 4.90 Å². The molecule has 4 aliphatic rings. The van der Waals surface area contributed by atoms with Crippen LogP contribution in [0.2, 0.25) is 10.0 Å². The van der Waals surface area contributed by atoms with Gasteiger partial charge in [-0.25, -0.2) is 4.90 Å². The Labute approximate surface area is 192 Å². The number of amides is 2. The number of halogens is 2. The molecule has 3 aromatic rings. The number of nitrogens with zero attached hydrogens (tertiary/aromatic N) is 2. The summed E-state index contributed by atoms with van der Waals surface area (Å²) in [6, 6.07) is 18.6. The molecule has 6 nitrogen and oxygen atoms in total. The van der Waals surface area contributed by atoms with E-state index >= 15 is 0 Å². The van der Waals surface area contributed by atoms with Crippen molar-refractivity contribution in [2.24, 2.45) is 11.8 Å². The Bertz CT molecular complexity index is 1320. The molecule has 3 aliphatic carbocycles. The van der Waals surface area contributed by atoms with Gasteiger partial charge in [0.25, 0.3) is 5.54 Å². The van der Waals surface area contributed by atoms with Crippen molar-refractivity contribution in [1.29, 1.82) is 0 Å². The first-order chi connectivity index (χ1) is 15.4. The minimum atomic E-state index is -1.85. The zero-order valence-corrected chi connectivity index (χ0v) is 17.9. The molecule has 0 N–H and O–H groups in total. The van der Waals surface area contributed by atoms with Crippen molar-refractivity contribution < 1.29 is 14.5 Å². The zero-order chi connectivity index (χ0) is 22.4. The molecule has 32 heavy (non-hydrogen) atoms. The lowest BCUT2D eigenvalue weighted by Crippen LogP contribution is -2.57. The molecule has 3 aromatic carbocycles. The van der Waals surface area contributed by atoms with Gasteiger partial charge in [-0.1, -0.05) is 71.7 Å². The van der Waals surface area contributed by atoms with Crippen LogP contribution in [0.4, 0.5) is 5.69 Å². The lowest BCUT2D eigenvalue weighted by atomic mass is 9.51. The molecule has 1 saturated heterocycles. The third-order valence-electron chi connectivity index (χ3n) is 7.01. The first-order valence-electron chi connectivity index (χ1n) is 10.0. The van der Waals surface area contributed by atoms with Gasteiger partial charge in [0.1, 0.15) is 5.92 Å². The van der Waals surface area contributed by atoms with E-state index in [9.17, 15) is 19.7 Å². The van der Waals surface area contributed by atoms with Crippen LogP contribution >= 0.6 is 23.2 Å². The number of anilines is 1. The Balaban J connectivity index is 1.67. The molecular weight excluding hydrogens is 451 g/mol. The zero-order valence-electron chi connectivity index (χ0n) is 16.4. The smallest absolute Gasteiger partial charge is 0.274 e. The van der Waals surface area contributed by atoms with Gasteiger partial charge in [0.2, 0.25) is 11.8 Å². The monoisotopic (exact) mass is 464 g/mol. The second-order valence-corrected chi connectivity index (χ2v) is 9.13. The Hall–Kier alpha value is -3.22. The number of benzene rings is 3. The highest BCUT2D eigenvalue weighted by atomic mass is 35.5. The predicted molar refractivity (Wildman–Crippen MR) is 118 cm³/mol. The summed E-state index contributed by atoms with van der Waals surface area (Å²) < 4.78 is 0. The van der Waals surface area contributed by atoms with Crippen LogP contribution in [-0.4, -0.2) is 16.7 Å². The van der Waals surface area contributed by atoms with Gasteiger partial charge < -0.3 is 0 Å². The Morgan fingerprint density at radius 2 is 1.47 bits per heavy atom. The Morgan fingerprint density at radius 3 is 2.03 bits per heavy atom. The molecule has 0 unspecified atom stereocenters. The molecule has 7 rings (SSSR count). The quantitative estimate of drug-likeness (QED) is 0.310. The molecule has 1 fully saturated rings. The summed E-state index contributed by atoms with van der Waals surface area (Å²) in [5.41, 5.74) is 0.711. The van der Waals surface area contributed by atoms with E-state index in [2.05, 4.69) is 0 Å². The Morgan fingerprint density at radius 1 is 0.875 bits per heavy atom. The van der Waals surface area contributed by atoms with Crippen molar-refractivity contribution in [1.82, 2.24) is 0 Å². The molecule has 0 radical (unpaired) electrons. The van der Waals surface area contributed by atoms with Crippen molar-refractivity contribution in [3.63, 3.8) is 0 Å². The van der Waals surface area contributed by atoms with Gasteiger partial charge in [-0.05, 0) is 29.3 Å². The van der Waals surface area contributed by atoms with Crippen LogP contribution in [0.25, 0.3) is 0 Å². The van der Waals surface area contributed by atoms with Gasteiger partial charge >= 0.3 is 0 Å². The summed E-state index contributed by atoms with van der Waals surface area (Å²) in [4.78, 5) is 41.1. The number of carbonyl (C=O) groups excluding carboxylic acids is 2. The first-order valence-corrected chi connectivity index (χ1v) is 10.8. The van der Waals surface area contributed by atoms with E-state index in [1.807, 2.05) is 12.1 Å². The van der Waals surface area contributed by atoms with Gasteiger partial charge in [0.05, 0.1) is 16.6 Å². The normalized spacial score (nSPS) is 27.2. The van der Waals surface area contributed by atoms with E-state index in [-0.39, 0.29) is 10.7 Å². The SMILES string of the molecule is O=C1[C@@H]2C3c4ccccc4C([N+](=O)[O-])(c4ccccc43)[C@H]2C(=O)N1c1ccc(Cl)cc1Cl. The average molecular weight is 465 g/mol. The fourth-order valence-corrected chi connectivity index (χ4v) is 6.44. The van der Waals surface area contributed by atoms with Gasteiger partial charge in [0, 0.05) is 27.0 Å². The minimum Gasteiger partial charge on any atom is -0.274 e. The molecule has 2 amide bonds. The van der Waals surface area contributed by atoms with E-state index in [0.717, 1.165) is 4.90 Å².